The normalized spacial score (nSPS) is 22.8. The van der Waals surface area contributed by atoms with Crippen LogP contribution in [0.4, 0.5) is 0 Å². The van der Waals surface area contributed by atoms with Gasteiger partial charge in [-0.25, -0.2) is 0 Å². The minimum atomic E-state index is -0.377. The van der Waals surface area contributed by atoms with Crippen LogP contribution in [0.25, 0.3) is 0 Å². The second-order valence-corrected chi connectivity index (χ2v) is 2.99. The predicted molar refractivity (Wildman–Crippen MR) is 48.9 cm³/mol. The predicted octanol–water partition coefficient (Wildman–Crippen LogP) is 2.27. The first kappa shape index (κ1) is 9.49. The number of hydrogen-bond acceptors (Lipinski definition) is 2. The lowest BCUT2D eigenvalue weighted by Crippen LogP contribution is -2.24. The van der Waals surface area contributed by atoms with Crippen molar-refractivity contribution in [2.75, 3.05) is 13.2 Å². The second kappa shape index (κ2) is 4.43. The first-order valence-electron chi connectivity index (χ1n) is 4.32. The molecule has 0 saturated carbocycles. The maximum absolute atomic E-state index is 5.42. The van der Waals surface area contributed by atoms with Gasteiger partial charge in [-0.15, -0.1) is 0 Å². The number of allylic oxidation sites excluding steroid dienone is 3. The van der Waals surface area contributed by atoms with E-state index in [0.29, 0.717) is 13.2 Å². The topological polar surface area (TPSA) is 18.5 Å². The lowest BCUT2D eigenvalue weighted by Gasteiger charge is -2.19. The van der Waals surface area contributed by atoms with Crippen molar-refractivity contribution in [1.82, 2.24) is 0 Å². The molecule has 1 rings (SSSR count). The Labute approximate surface area is 73.9 Å². The molecule has 0 spiro atoms. The van der Waals surface area contributed by atoms with Crippen molar-refractivity contribution in [2.45, 2.75) is 26.1 Å². The summed E-state index contributed by atoms with van der Waals surface area (Å²) < 4.78 is 10.8. The third-order valence-electron chi connectivity index (χ3n) is 1.83. The summed E-state index contributed by atoms with van der Waals surface area (Å²) in [6, 6.07) is 0. The van der Waals surface area contributed by atoms with Gasteiger partial charge in [-0.3, -0.25) is 0 Å². The molecular formula is C10H16O2. The average Bonchev–Trinajstić information content (AvgIpc) is 2.47. The Hall–Kier alpha value is -0.600. The third kappa shape index (κ3) is 2.80. The number of rotatable bonds is 3. The van der Waals surface area contributed by atoms with Gasteiger partial charge in [0, 0.05) is 6.42 Å². The standard InChI is InChI=1S/C10H16O2/c1-3-4-5-6-7-10(2)11-8-9-12-10/h3-6H,7-9H2,1-2H3. The molecule has 0 amide bonds. The molecule has 1 fully saturated rings. The Morgan fingerprint density at radius 3 is 2.50 bits per heavy atom. The van der Waals surface area contributed by atoms with E-state index in [-0.39, 0.29) is 5.79 Å². The van der Waals surface area contributed by atoms with Crippen LogP contribution >= 0.6 is 0 Å². The van der Waals surface area contributed by atoms with Gasteiger partial charge < -0.3 is 9.47 Å². The molecule has 1 saturated heterocycles. The molecule has 1 heterocycles. The lowest BCUT2D eigenvalue weighted by molar-refractivity contribution is -0.138. The quantitative estimate of drug-likeness (QED) is 0.602. The molecule has 0 aliphatic carbocycles. The maximum Gasteiger partial charge on any atom is 0.169 e. The number of ether oxygens (including phenoxy) is 2. The third-order valence-corrected chi connectivity index (χ3v) is 1.83. The van der Waals surface area contributed by atoms with Crippen LogP contribution in [0.2, 0.25) is 0 Å². The van der Waals surface area contributed by atoms with E-state index in [0.717, 1.165) is 6.42 Å². The Bertz CT molecular complexity index is 176. The van der Waals surface area contributed by atoms with Crippen LogP contribution in [-0.4, -0.2) is 19.0 Å². The maximum atomic E-state index is 5.42. The molecule has 0 atom stereocenters. The van der Waals surface area contributed by atoms with E-state index in [2.05, 4.69) is 6.08 Å². The zero-order valence-electron chi connectivity index (χ0n) is 7.75. The van der Waals surface area contributed by atoms with Gasteiger partial charge >= 0.3 is 0 Å². The molecule has 2 heteroatoms. The van der Waals surface area contributed by atoms with Crippen LogP contribution in [0.5, 0.6) is 0 Å². The largest absolute Gasteiger partial charge is 0.348 e. The molecule has 1 aliphatic rings. The molecule has 0 unspecified atom stereocenters. The van der Waals surface area contributed by atoms with Crippen LogP contribution < -0.4 is 0 Å². The van der Waals surface area contributed by atoms with Crippen molar-refractivity contribution in [3.05, 3.63) is 24.3 Å². The lowest BCUT2D eigenvalue weighted by atomic mass is 10.2. The van der Waals surface area contributed by atoms with Gasteiger partial charge in [0.2, 0.25) is 0 Å². The number of hydrogen-bond donors (Lipinski definition) is 0. The highest BCUT2D eigenvalue weighted by molar-refractivity contribution is 5.02. The molecule has 0 bridgehead atoms. The first-order valence-corrected chi connectivity index (χ1v) is 4.32. The fourth-order valence-corrected chi connectivity index (χ4v) is 1.15. The molecule has 0 aromatic carbocycles. The van der Waals surface area contributed by atoms with Crippen molar-refractivity contribution in [1.29, 1.82) is 0 Å². The van der Waals surface area contributed by atoms with Gasteiger partial charge in [-0.2, -0.15) is 0 Å². The van der Waals surface area contributed by atoms with Crippen molar-refractivity contribution in [3.8, 4) is 0 Å². The summed E-state index contributed by atoms with van der Waals surface area (Å²) in [6.07, 6.45) is 8.88. The Morgan fingerprint density at radius 1 is 1.25 bits per heavy atom. The smallest absolute Gasteiger partial charge is 0.169 e. The summed E-state index contributed by atoms with van der Waals surface area (Å²) in [5.41, 5.74) is 0. The second-order valence-electron chi connectivity index (χ2n) is 2.99. The van der Waals surface area contributed by atoms with Gasteiger partial charge in [0.1, 0.15) is 0 Å². The highest BCUT2D eigenvalue weighted by Gasteiger charge is 2.28. The zero-order chi connectivity index (χ0) is 8.86. The van der Waals surface area contributed by atoms with Crippen LogP contribution in [0.1, 0.15) is 20.3 Å². The van der Waals surface area contributed by atoms with Gasteiger partial charge in [-0.05, 0) is 13.8 Å². The molecule has 2 nitrogen and oxygen atoms in total. The molecular weight excluding hydrogens is 152 g/mol. The molecule has 0 aromatic rings. The molecule has 0 aromatic heterocycles. The van der Waals surface area contributed by atoms with Gasteiger partial charge in [0.05, 0.1) is 13.2 Å². The Balaban J connectivity index is 2.29. The SMILES string of the molecule is CC=CC=CCC1(C)OCCO1. The molecule has 12 heavy (non-hydrogen) atoms. The van der Waals surface area contributed by atoms with Crippen molar-refractivity contribution in [2.24, 2.45) is 0 Å². The average molecular weight is 168 g/mol. The van der Waals surface area contributed by atoms with E-state index in [1.54, 1.807) is 0 Å². The van der Waals surface area contributed by atoms with Crippen LogP contribution in [0, 0.1) is 0 Å². The fourth-order valence-electron chi connectivity index (χ4n) is 1.15. The first-order chi connectivity index (χ1) is 5.77. The van der Waals surface area contributed by atoms with Crippen LogP contribution in [0.3, 0.4) is 0 Å². The van der Waals surface area contributed by atoms with Crippen molar-refractivity contribution < 1.29 is 9.47 Å². The molecule has 68 valence electrons. The van der Waals surface area contributed by atoms with E-state index < -0.39 is 0 Å². The monoisotopic (exact) mass is 168 g/mol. The van der Waals surface area contributed by atoms with E-state index >= 15 is 0 Å². The zero-order valence-corrected chi connectivity index (χ0v) is 7.75. The van der Waals surface area contributed by atoms with Crippen molar-refractivity contribution >= 4 is 0 Å². The van der Waals surface area contributed by atoms with Gasteiger partial charge in [0.15, 0.2) is 5.79 Å². The van der Waals surface area contributed by atoms with Gasteiger partial charge in [-0.1, -0.05) is 24.3 Å². The highest BCUT2D eigenvalue weighted by Crippen LogP contribution is 2.22. The van der Waals surface area contributed by atoms with E-state index in [9.17, 15) is 0 Å². The molecule has 1 aliphatic heterocycles. The van der Waals surface area contributed by atoms with E-state index in [4.69, 9.17) is 9.47 Å². The highest BCUT2D eigenvalue weighted by atomic mass is 16.7. The van der Waals surface area contributed by atoms with Gasteiger partial charge in [0.25, 0.3) is 0 Å². The van der Waals surface area contributed by atoms with Crippen LogP contribution in [-0.2, 0) is 9.47 Å². The Kier molecular flexibility index (Phi) is 3.50. The summed E-state index contributed by atoms with van der Waals surface area (Å²) in [6.45, 7) is 5.40. The van der Waals surface area contributed by atoms with E-state index in [1.165, 1.54) is 0 Å². The minimum Gasteiger partial charge on any atom is -0.348 e. The van der Waals surface area contributed by atoms with Crippen LogP contribution in [0.15, 0.2) is 24.3 Å². The minimum absolute atomic E-state index is 0.377. The van der Waals surface area contributed by atoms with Crippen molar-refractivity contribution in [3.63, 3.8) is 0 Å². The summed E-state index contributed by atoms with van der Waals surface area (Å²) >= 11 is 0. The fraction of sp³-hybridized carbons (Fsp3) is 0.600. The summed E-state index contributed by atoms with van der Waals surface area (Å²) in [7, 11) is 0. The molecule has 0 radical (unpaired) electrons. The summed E-state index contributed by atoms with van der Waals surface area (Å²) in [5, 5.41) is 0. The van der Waals surface area contributed by atoms with E-state index in [1.807, 2.05) is 32.1 Å². The summed E-state index contributed by atoms with van der Waals surface area (Å²) in [5.74, 6) is -0.377. The summed E-state index contributed by atoms with van der Waals surface area (Å²) in [4.78, 5) is 0. The molecule has 0 N–H and O–H groups in total. The Morgan fingerprint density at radius 2 is 1.92 bits per heavy atom.